The lowest BCUT2D eigenvalue weighted by molar-refractivity contribution is -0.121. The summed E-state index contributed by atoms with van der Waals surface area (Å²) in [6.45, 7) is 5.52. The molecule has 120 valence electrons. The summed E-state index contributed by atoms with van der Waals surface area (Å²) in [7, 11) is 1.89. The number of rotatable bonds is 9. The number of hydrogen-bond acceptors (Lipinski definition) is 3. The van der Waals surface area contributed by atoms with Crippen LogP contribution in [0, 0.1) is 6.92 Å². The molecule has 1 unspecified atom stereocenters. The van der Waals surface area contributed by atoms with E-state index < -0.39 is 0 Å². The van der Waals surface area contributed by atoms with E-state index >= 15 is 0 Å². The first kappa shape index (κ1) is 19.7. The molecule has 0 fully saturated rings. The molecule has 0 heterocycles. The van der Waals surface area contributed by atoms with Gasteiger partial charge in [0.2, 0.25) is 5.91 Å². The molecule has 0 bridgehead atoms. The van der Waals surface area contributed by atoms with E-state index in [2.05, 4.69) is 17.6 Å². The Morgan fingerprint density at radius 3 is 2.67 bits per heavy atom. The van der Waals surface area contributed by atoms with E-state index in [1.807, 2.05) is 38.2 Å². The zero-order valence-electron chi connectivity index (χ0n) is 13.1. The molecule has 0 aliphatic carbocycles. The van der Waals surface area contributed by atoms with Gasteiger partial charge in [-0.25, -0.2) is 0 Å². The standard InChI is InChI=1S/C16H26N2O2.ClH/c1-4-14(12-18-16(19)10-7-11-17-3)20-15-9-6-5-8-13(15)2;/h5-6,8-9,14,17H,4,7,10-12H2,1-3H3,(H,18,19);1H. The van der Waals surface area contributed by atoms with Gasteiger partial charge in [0, 0.05) is 6.42 Å². The van der Waals surface area contributed by atoms with Crippen molar-refractivity contribution in [2.75, 3.05) is 20.1 Å². The summed E-state index contributed by atoms with van der Waals surface area (Å²) in [5.74, 6) is 0.982. The van der Waals surface area contributed by atoms with Crippen LogP contribution in [-0.2, 0) is 4.79 Å². The van der Waals surface area contributed by atoms with Gasteiger partial charge in [0.25, 0.3) is 0 Å². The monoisotopic (exact) mass is 314 g/mol. The molecule has 0 aliphatic rings. The molecule has 0 radical (unpaired) electrons. The second kappa shape index (κ2) is 11.4. The molecule has 0 saturated carbocycles. The third-order valence-electron chi connectivity index (χ3n) is 3.20. The quantitative estimate of drug-likeness (QED) is 0.689. The van der Waals surface area contributed by atoms with E-state index in [9.17, 15) is 4.79 Å². The molecule has 0 aliphatic heterocycles. The minimum atomic E-state index is 0. The number of para-hydroxylation sites is 1. The summed E-state index contributed by atoms with van der Waals surface area (Å²) < 4.78 is 5.94. The SMILES string of the molecule is CCC(CNC(=O)CCCNC)Oc1ccccc1C.Cl. The minimum Gasteiger partial charge on any atom is -0.488 e. The van der Waals surface area contributed by atoms with Crippen LogP contribution in [0.2, 0.25) is 0 Å². The highest BCUT2D eigenvalue weighted by molar-refractivity contribution is 5.85. The van der Waals surface area contributed by atoms with Gasteiger partial charge in [-0.05, 0) is 45.0 Å². The molecule has 1 amide bonds. The van der Waals surface area contributed by atoms with Crippen LogP contribution < -0.4 is 15.4 Å². The number of nitrogens with one attached hydrogen (secondary N) is 2. The first-order chi connectivity index (χ1) is 9.67. The highest BCUT2D eigenvalue weighted by atomic mass is 35.5. The van der Waals surface area contributed by atoms with Crippen molar-refractivity contribution >= 4 is 18.3 Å². The summed E-state index contributed by atoms with van der Waals surface area (Å²) in [5.41, 5.74) is 1.12. The number of benzene rings is 1. The van der Waals surface area contributed by atoms with Crippen molar-refractivity contribution in [3.8, 4) is 5.75 Å². The van der Waals surface area contributed by atoms with Gasteiger partial charge in [0.1, 0.15) is 11.9 Å². The predicted molar refractivity (Wildman–Crippen MR) is 89.3 cm³/mol. The molecule has 1 rings (SSSR count). The number of hydrogen-bond donors (Lipinski definition) is 2. The van der Waals surface area contributed by atoms with Crippen molar-refractivity contribution in [1.29, 1.82) is 0 Å². The first-order valence-corrected chi connectivity index (χ1v) is 7.31. The summed E-state index contributed by atoms with van der Waals surface area (Å²) >= 11 is 0. The largest absolute Gasteiger partial charge is 0.488 e. The molecule has 1 aromatic carbocycles. The topological polar surface area (TPSA) is 50.4 Å². The smallest absolute Gasteiger partial charge is 0.220 e. The number of aryl methyl sites for hydroxylation is 1. The maximum absolute atomic E-state index is 11.7. The molecule has 0 spiro atoms. The minimum absolute atomic E-state index is 0. The Bertz CT molecular complexity index is 413. The first-order valence-electron chi connectivity index (χ1n) is 7.31. The molecule has 5 heteroatoms. The molecular formula is C16H27ClN2O2. The zero-order valence-corrected chi connectivity index (χ0v) is 14.0. The second-order valence-electron chi connectivity index (χ2n) is 4.92. The Morgan fingerprint density at radius 2 is 2.05 bits per heavy atom. The number of amides is 1. The second-order valence-corrected chi connectivity index (χ2v) is 4.92. The lowest BCUT2D eigenvalue weighted by atomic mass is 10.2. The average molecular weight is 315 g/mol. The molecule has 0 saturated heterocycles. The van der Waals surface area contributed by atoms with Gasteiger partial charge in [0.15, 0.2) is 0 Å². The van der Waals surface area contributed by atoms with Crippen molar-refractivity contribution in [3.63, 3.8) is 0 Å². The van der Waals surface area contributed by atoms with Crippen LogP contribution in [0.15, 0.2) is 24.3 Å². The summed E-state index contributed by atoms with van der Waals surface area (Å²) in [6, 6.07) is 7.95. The van der Waals surface area contributed by atoms with Crippen LogP contribution in [0.3, 0.4) is 0 Å². The highest BCUT2D eigenvalue weighted by Gasteiger charge is 2.11. The Hall–Kier alpha value is -1.26. The van der Waals surface area contributed by atoms with Crippen LogP contribution in [-0.4, -0.2) is 32.1 Å². The average Bonchev–Trinajstić information content (AvgIpc) is 2.45. The Labute approximate surface area is 134 Å². The van der Waals surface area contributed by atoms with Crippen LogP contribution in [0.1, 0.15) is 31.7 Å². The van der Waals surface area contributed by atoms with Gasteiger partial charge in [-0.15, -0.1) is 12.4 Å². The molecule has 1 atom stereocenters. The van der Waals surface area contributed by atoms with Gasteiger partial charge in [-0.2, -0.15) is 0 Å². The number of carbonyl (C=O) groups excluding carboxylic acids is 1. The molecule has 4 nitrogen and oxygen atoms in total. The van der Waals surface area contributed by atoms with Gasteiger partial charge >= 0.3 is 0 Å². The maximum atomic E-state index is 11.7. The highest BCUT2D eigenvalue weighted by Crippen LogP contribution is 2.18. The molecular weight excluding hydrogens is 288 g/mol. The van der Waals surface area contributed by atoms with Gasteiger partial charge in [-0.1, -0.05) is 25.1 Å². The van der Waals surface area contributed by atoms with Gasteiger partial charge < -0.3 is 15.4 Å². The summed E-state index contributed by atoms with van der Waals surface area (Å²) in [5, 5.41) is 5.97. The summed E-state index contributed by atoms with van der Waals surface area (Å²) in [4.78, 5) is 11.7. The summed E-state index contributed by atoms with van der Waals surface area (Å²) in [6.07, 6.45) is 2.30. The van der Waals surface area contributed by atoms with Crippen molar-refractivity contribution < 1.29 is 9.53 Å². The fourth-order valence-electron chi connectivity index (χ4n) is 1.88. The number of halogens is 1. The van der Waals surface area contributed by atoms with Crippen molar-refractivity contribution in [2.24, 2.45) is 0 Å². The van der Waals surface area contributed by atoms with E-state index in [1.54, 1.807) is 0 Å². The Balaban J connectivity index is 0.00000400. The van der Waals surface area contributed by atoms with Crippen LogP contribution in [0.4, 0.5) is 0 Å². The van der Waals surface area contributed by atoms with Crippen LogP contribution >= 0.6 is 12.4 Å². The van der Waals surface area contributed by atoms with Gasteiger partial charge in [0.05, 0.1) is 6.54 Å². The van der Waals surface area contributed by atoms with E-state index in [0.29, 0.717) is 13.0 Å². The fourth-order valence-corrected chi connectivity index (χ4v) is 1.88. The lowest BCUT2D eigenvalue weighted by Crippen LogP contribution is -2.35. The van der Waals surface area contributed by atoms with E-state index in [0.717, 1.165) is 30.7 Å². The lowest BCUT2D eigenvalue weighted by Gasteiger charge is -2.19. The molecule has 21 heavy (non-hydrogen) atoms. The van der Waals surface area contributed by atoms with E-state index in [1.165, 1.54) is 0 Å². The van der Waals surface area contributed by atoms with E-state index in [4.69, 9.17) is 4.74 Å². The van der Waals surface area contributed by atoms with Gasteiger partial charge in [-0.3, -0.25) is 4.79 Å². The predicted octanol–water partition coefficient (Wildman–Crippen LogP) is 2.69. The number of carbonyl (C=O) groups is 1. The molecule has 1 aromatic rings. The maximum Gasteiger partial charge on any atom is 0.220 e. The van der Waals surface area contributed by atoms with Crippen molar-refractivity contribution in [3.05, 3.63) is 29.8 Å². The van der Waals surface area contributed by atoms with Crippen molar-refractivity contribution in [2.45, 2.75) is 39.2 Å². The fraction of sp³-hybridized carbons (Fsp3) is 0.562. The molecule has 0 aromatic heterocycles. The van der Waals surface area contributed by atoms with Crippen molar-refractivity contribution in [1.82, 2.24) is 10.6 Å². The Morgan fingerprint density at radius 1 is 1.33 bits per heavy atom. The third kappa shape index (κ3) is 7.93. The number of ether oxygens (including phenoxy) is 1. The zero-order chi connectivity index (χ0) is 14.8. The van der Waals surface area contributed by atoms with E-state index in [-0.39, 0.29) is 24.4 Å². The van der Waals surface area contributed by atoms with Crippen LogP contribution in [0.5, 0.6) is 5.75 Å². The third-order valence-corrected chi connectivity index (χ3v) is 3.20. The molecule has 2 N–H and O–H groups in total. The van der Waals surface area contributed by atoms with Crippen LogP contribution in [0.25, 0.3) is 0 Å². The normalized spacial score (nSPS) is 11.4. The Kier molecular flexibility index (Phi) is 10.7.